The summed E-state index contributed by atoms with van der Waals surface area (Å²) in [6, 6.07) is 12.9. The first-order chi connectivity index (χ1) is 15.3. The van der Waals surface area contributed by atoms with E-state index in [0.29, 0.717) is 22.6 Å². The van der Waals surface area contributed by atoms with Gasteiger partial charge in [0.05, 0.1) is 11.9 Å². The maximum atomic E-state index is 12.3. The van der Waals surface area contributed by atoms with Crippen molar-refractivity contribution in [1.82, 2.24) is 10.0 Å². The van der Waals surface area contributed by atoms with Gasteiger partial charge < -0.3 is 10.1 Å². The number of hydrogen-bond donors (Lipinski definition) is 3. The molecule has 182 valence electrons. The Morgan fingerprint density at radius 1 is 0.848 bits per heavy atom. The number of hydrogen-bond acceptors (Lipinski definition) is 6. The molecule has 0 radical (unpaired) electrons. The number of anilines is 1. The van der Waals surface area contributed by atoms with Gasteiger partial charge >= 0.3 is 0 Å². The van der Waals surface area contributed by atoms with Gasteiger partial charge in [-0.05, 0) is 63.1 Å². The topological polar surface area (TPSA) is 131 Å². The van der Waals surface area contributed by atoms with Crippen molar-refractivity contribution >= 4 is 31.6 Å². The van der Waals surface area contributed by atoms with Gasteiger partial charge in [0.2, 0.25) is 26.0 Å². The number of sulfonamides is 2. The number of benzene rings is 2. The van der Waals surface area contributed by atoms with Crippen molar-refractivity contribution in [3.63, 3.8) is 0 Å². The van der Waals surface area contributed by atoms with E-state index in [9.17, 15) is 21.6 Å². The minimum atomic E-state index is -3.89. The third-order valence-corrected chi connectivity index (χ3v) is 6.84. The third-order valence-electron chi connectivity index (χ3n) is 4.11. The second-order valence-corrected chi connectivity index (χ2v) is 11.7. The second kappa shape index (κ2) is 11.5. The molecule has 2 rings (SSSR count). The van der Waals surface area contributed by atoms with Gasteiger partial charge in [-0.1, -0.05) is 24.3 Å². The van der Waals surface area contributed by atoms with E-state index < -0.39 is 31.7 Å². The average molecular weight is 498 g/mol. The summed E-state index contributed by atoms with van der Waals surface area (Å²) in [5.74, 6) is -0.915. The van der Waals surface area contributed by atoms with Crippen LogP contribution in [0, 0.1) is 0 Å². The minimum Gasteiger partial charge on any atom is -0.491 e. The summed E-state index contributed by atoms with van der Waals surface area (Å²) in [7, 11) is -7.31. The summed E-state index contributed by atoms with van der Waals surface area (Å²) in [6.07, 6.45) is 0.00219. The largest absolute Gasteiger partial charge is 0.491 e. The first-order valence-corrected chi connectivity index (χ1v) is 13.8. The molecule has 2 aromatic rings. The first kappa shape index (κ1) is 26.6. The Kier molecular flexibility index (Phi) is 9.26. The van der Waals surface area contributed by atoms with Crippen LogP contribution in [0.1, 0.15) is 38.8 Å². The standard InChI is InChI=1S/C22H31N3O6S2/c1-16(2)24-32(27,28)14-19-7-5-18(6-8-19)13-23-22(26)15-33(29,30)25-20-9-11-21(12-10-20)31-17(3)4/h5-12,16-17,24-25H,13-15H2,1-4H3,(H,23,26). The summed E-state index contributed by atoms with van der Waals surface area (Å²) in [4.78, 5) is 12.1. The first-order valence-electron chi connectivity index (χ1n) is 10.5. The van der Waals surface area contributed by atoms with Crippen LogP contribution in [0.5, 0.6) is 5.75 Å². The van der Waals surface area contributed by atoms with Gasteiger partial charge in [-0.2, -0.15) is 0 Å². The zero-order chi connectivity index (χ0) is 24.6. The number of carbonyl (C=O) groups is 1. The summed E-state index contributed by atoms with van der Waals surface area (Å²) in [6.45, 7) is 7.39. The Morgan fingerprint density at radius 3 is 1.97 bits per heavy atom. The molecule has 0 fully saturated rings. The summed E-state index contributed by atoms with van der Waals surface area (Å²) < 4.78 is 58.9. The Labute approximate surface area is 196 Å². The van der Waals surface area contributed by atoms with E-state index in [0.717, 1.165) is 0 Å². The Hall–Kier alpha value is -2.63. The van der Waals surface area contributed by atoms with Crippen LogP contribution in [-0.4, -0.2) is 40.6 Å². The van der Waals surface area contributed by atoms with Gasteiger partial charge in [0.25, 0.3) is 0 Å². The van der Waals surface area contributed by atoms with E-state index in [1.807, 2.05) is 13.8 Å². The van der Waals surface area contributed by atoms with E-state index in [2.05, 4.69) is 14.8 Å². The average Bonchev–Trinajstić information content (AvgIpc) is 2.66. The number of nitrogens with one attached hydrogen (secondary N) is 3. The maximum Gasteiger partial charge on any atom is 0.241 e. The van der Waals surface area contributed by atoms with Gasteiger partial charge in [0.1, 0.15) is 11.5 Å². The highest BCUT2D eigenvalue weighted by Gasteiger charge is 2.17. The van der Waals surface area contributed by atoms with Crippen LogP contribution in [0.4, 0.5) is 5.69 Å². The number of ether oxygens (including phenoxy) is 1. The van der Waals surface area contributed by atoms with Crippen LogP contribution >= 0.6 is 0 Å². The van der Waals surface area contributed by atoms with Crippen molar-refractivity contribution in [2.24, 2.45) is 0 Å². The molecule has 0 heterocycles. The molecule has 0 bridgehead atoms. The minimum absolute atomic E-state index is 0.00219. The second-order valence-electron chi connectivity index (χ2n) is 8.18. The molecule has 0 aliphatic rings. The van der Waals surface area contributed by atoms with Crippen molar-refractivity contribution in [3.8, 4) is 5.75 Å². The van der Waals surface area contributed by atoms with Crippen molar-refractivity contribution in [1.29, 1.82) is 0 Å². The SMILES string of the molecule is CC(C)NS(=O)(=O)Cc1ccc(CNC(=O)CS(=O)(=O)Nc2ccc(OC(C)C)cc2)cc1. The van der Waals surface area contributed by atoms with Gasteiger partial charge in [-0.3, -0.25) is 9.52 Å². The van der Waals surface area contributed by atoms with Gasteiger partial charge in [0, 0.05) is 18.3 Å². The molecule has 0 aromatic heterocycles. The molecule has 3 N–H and O–H groups in total. The highest BCUT2D eigenvalue weighted by molar-refractivity contribution is 7.93. The lowest BCUT2D eigenvalue weighted by Gasteiger charge is -2.12. The molecule has 1 amide bonds. The fourth-order valence-corrected chi connectivity index (χ4v) is 5.33. The predicted octanol–water partition coefficient (Wildman–Crippen LogP) is 2.36. The van der Waals surface area contributed by atoms with Crippen LogP contribution in [-0.2, 0) is 37.1 Å². The molecule has 0 aliphatic heterocycles. The maximum absolute atomic E-state index is 12.3. The monoisotopic (exact) mass is 497 g/mol. The van der Waals surface area contributed by atoms with E-state index in [-0.39, 0.29) is 24.4 Å². The molecule has 0 unspecified atom stereocenters. The van der Waals surface area contributed by atoms with Crippen molar-refractivity contribution in [2.75, 3.05) is 10.5 Å². The Morgan fingerprint density at radius 2 is 1.42 bits per heavy atom. The summed E-state index contributed by atoms with van der Waals surface area (Å²) in [5, 5.41) is 2.56. The fraction of sp³-hybridized carbons (Fsp3) is 0.409. The van der Waals surface area contributed by atoms with E-state index >= 15 is 0 Å². The zero-order valence-electron chi connectivity index (χ0n) is 19.2. The molecule has 0 saturated heterocycles. The molecule has 0 atom stereocenters. The Balaban J connectivity index is 1.85. The Bertz CT molecular complexity index is 1130. The zero-order valence-corrected chi connectivity index (χ0v) is 20.8. The van der Waals surface area contributed by atoms with E-state index in [4.69, 9.17) is 4.74 Å². The molecule has 2 aromatic carbocycles. The number of carbonyl (C=O) groups excluding carboxylic acids is 1. The molecule has 0 aliphatic carbocycles. The highest BCUT2D eigenvalue weighted by atomic mass is 32.2. The molecule has 11 heteroatoms. The lowest BCUT2D eigenvalue weighted by atomic mass is 10.1. The van der Waals surface area contributed by atoms with Crippen molar-refractivity contribution in [3.05, 3.63) is 59.7 Å². The van der Waals surface area contributed by atoms with Crippen LogP contribution < -0.4 is 19.5 Å². The van der Waals surface area contributed by atoms with Crippen molar-refractivity contribution < 1.29 is 26.4 Å². The highest BCUT2D eigenvalue weighted by Crippen LogP contribution is 2.18. The van der Waals surface area contributed by atoms with Gasteiger partial charge in [-0.15, -0.1) is 0 Å². The molecular weight excluding hydrogens is 466 g/mol. The molecule has 9 nitrogen and oxygen atoms in total. The van der Waals surface area contributed by atoms with Gasteiger partial charge in [0.15, 0.2) is 0 Å². The molecular formula is C22H31N3O6S2. The number of rotatable bonds is 12. The number of amides is 1. The van der Waals surface area contributed by atoms with Crippen LogP contribution in [0.2, 0.25) is 0 Å². The molecule has 33 heavy (non-hydrogen) atoms. The summed E-state index contributed by atoms with van der Waals surface area (Å²) in [5.41, 5.74) is 1.65. The normalized spacial score (nSPS) is 12.1. The lowest BCUT2D eigenvalue weighted by molar-refractivity contribution is -0.118. The fourth-order valence-electron chi connectivity index (χ4n) is 2.89. The van der Waals surface area contributed by atoms with E-state index in [1.54, 1.807) is 62.4 Å². The van der Waals surface area contributed by atoms with Crippen molar-refractivity contribution in [2.45, 2.75) is 52.1 Å². The predicted molar refractivity (Wildman–Crippen MR) is 129 cm³/mol. The molecule has 0 spiro atoms. The smallest absolute Gasteiger partial charge is 0.241 e. The quantitative estimate of drug-likeness (QED) is 0.413. The molecule has 0 saturated carbocycles. The van der Waals surface area contributed by atoms with Gasteiger partial charge in [-0.25, -0.2) is 21.6 Å². The van der Waals surface area contributed by atoms with E-state index in [1.165, 1.54) is 0 Å². The van der Waals surface area contributed by atoms with Crippen LogP contribution in [0.15, 0.2) is 48.5 Å². The third kappa shape index (κ3) is 10.2. The van der Waals surface area contributed by atoms with Crippen LogP contribution in [0.3, 0.4) is 0 Å². The summed E-state index contributed by atoms with van der Waals surface area (Å²) >= 11 is 0. The lowest BCUT2D eigenvalue weighted by Crippen LogP contribution is -2.32. The van der Waals surface area contributed by atoms with Crippen LogP contribution in [0.25, 0.3) is 0 Å².